The summed E-state index contributed by atoms with van der Waals surface area (Å²) >= 11 is 0. The fraction of sp³-hybridized carbons (Fsp3) is 0. The normalized spacial score (nSPS) is 10.5. The van der Waals surface area contributed by atoms with Gasteiger partial charge in [-0.2, -0.15) is 0 Å². The first kappa shape index (κ1) is 14.8. The molecule has 0 saturated heterocycles. The van der Waals surface area contributed by atoms with Gasteiger partial charge in [-0.1, -0.05) is 0 Å². The van der Waals surface area contributed by atoms with E-state index in [9.17, 15) is 31.9 Å². The molecule has 2 aromatic carbocycles. The number of hydrogen-bond acceptors (Lipinski definition) is 2. The van der Waals surface area contributed by atoms with Gasteiger partial charge in [0.05, 0.1) is 5.56 Å². The Morgan fingerprint density at radius 1 is 0.952 bits per heavy atom. The fourth-order valence-electron chi connectivity index (χ4n) is 1.56. The highest BCUT2D eigenvalue weighted by atomic mass is 19.2. The third kappa shape index (κ3) is 2.78. The minimum atomic E-state index is -1.80. The molecule has 0 spiro atoms. The van der Waals surface area contributed by atoms with Crippen molar-refractivity contribution in [1.29, 1.82) is 0 Å². The number of benzene rings is 2. The van der Waals surface area contributed by atoms with Crippen molar-refractivity contribution < 1.29 is 31.9 Å². The number of phenols is 1. The van der Waals surface area contributed by atoms with Crippen molar-refractivity contribution in [2.24, 2.45) is 0 Å². The lowest BCUT2D eigenvalue weighted by atomic mass is 10.1. The zero-order valence-corrected chi connectivity index (χ0v) is 10.1. The summed E-state index contributed by atoms with van der Waals surface area (Å²) in [4.78, 5) is 11.7. The van der Waals surface area contributed by atoms with Crippen LogP contribution in [-0.4, -0.2) is 11.0 Å². The van der Waals surface area contributed by atoms with Crippen molar-refractivity contribution in [1.82, 2.24) is 0 Å². The number of aromatic hydroxyl groups is 1. The van der Waals surface area contributed by atoms with Gasteiger partial charge in [0.1, 0.15) is 17.3 Å². The van der Waals surface area contributed by atoms with E-state index in [2.05, 4.69) is 0 Å². The Labute approximate surface area is 114 Å². The molecule has 2 aromatic rings. The molecule has 0 saturated carbocycles. The zero-order valence-electron chi connectivity index (χ0n) is 10.1. The van der Waals surface area contributed by atoms with Crippen LogP contribution in [0.4, 0.5) is 27.6 Å². The third-order valence-electron chi connectivity index (χ3n) is 2.55. The molecule has 0 unspecified atom stereocenters. The van der Waals surface area contributed by atoms with Crippen LogP contribution in [0, 0.1) is 29.1 Å². The standard InChI is InChI=1S/C13H6F5NO2/c14-5-1-2-6(9(20)3-5)13(21)19-12-10(17)7(15)4-8(16)11(12)18/h1-4,20H,(H,19,21). The molecule has 0 aliphatic rings. The van der Waals surface area contributed by atoms with Crippen molar-refractivity contribution in [3.8, 4) is 5.75 Å². The number of amides is 1. The summed E-state index contributed by atoms with van der Waals surface area (Å²) in [5.41, 5.74) is -1.87. The average Bonchev–Trinajstić information content (AvgIpc) is 2.41. The first-order valence-corrected chi connectivity index (χ1v) is 5.44. The van der Waals surface area contributed by atoms with E-state index in [-0.39, 0.29) is 6.07 Å². The van der Waals surface area contributed by atoms with Crippen molar-refractivity contribution in [3.05, 3.63) is 58.9 Å². The van der Waals surface area contributed by atoms with Crippen molar-refractivity contribution >= 4 is 11.6 Å². The summed E-state index contributed by atoms with van der Waals surface area (Å²) in [6.07, 6.45) is 0. The molecule has 0 atom stereocenters. The fourth-order valence-corrected chi connectivity index (χ4v) is 1.56. The number of halogens is 5. The Hall–Kier alpha value is -2.64. The van der Waals surface area contributed by atoms with Crippen LogP contribution >= 0.6 is 0 Å². The molecule has 8 heteroatoms. The lowest BCUT2D eigenvalue weighted by Gasteiger charge is -2.09. The Morgan fingerprint density at radius 3 is 2.05 bits per heavy atom. The maximum atomic E-state index is 13.4. The van der Waals surface area contributed by atoms with E-state index in [1.54, 1.807) is 5.32 Å². The van der Waals surface area contributed by atoms with Gasteiger partial charge < -0.3 is 10.4 Å². The number of rotatable bonds is 2. The summed E-state index contributed by atoms with van der Waals surface area (Å²) in [6, 6.07) is 2.22. The zero-order chi connectivity index (χ0) is 15.7. The minimum absolute atomic E-state index is 0.0182. The first-order chi connectivity index (χ1) is 9.81. The van der Waals surface area contributed by atoms with Crippen LogP contribution < -0.4 is 5.32 Å². The average molecular weight is 303 g/mol. The maximum absolute atomic E-state index is 13.4. The molecule has 21 heavy (non-hydrogen) atoms. The first-order valence-electron chi connectivity index (χ1n) is 5.44. The number of carbonyl (C=O) groups excluding carboxylic acids is 1. The van der Waals surface area contributed by atoms with Crippen molar-refractivity contribution in [2.45, 2.75) is 0 Å². The molecule has 0 radical (unpaired) electrons. The molecular formula is C13H6F5NO2. The molecule has 110 valence electrons. The van der Waals surface area contributed by atoms with Gasteiger partial charge in [0.2, 0.25) is 0 Å². The van der Waals surface area contributed by atoms with Crippen LogP contribution in [0.1, 0.15) is 10.4 Å². The van der Waals surface area contributed by atoms with Crippen LogP contribution in [0.15, 0.2) is 24.3 Å². The smallest absolute Gasteiger partial charge is 0.259 e. The highest BCUT2D eigenvalue weighted by Crippen LogP contribution is 2.26. The molecule has 0 fully saturated rings. The van der Waals surface area contributed by atoms with Crippen LogP contribution in [0.25, 0.3) is 0 Å². The molecular weight excluding hydrogens is 297 g/mol. The van der Waals surface area contributed by atoms with E-state index in [0.29, 0.717) is 6.07 Å². The molecule has 0 heterocycles. The number of phenolic OH excluding ortho intramolecular Hbond substituents is 1. The number of nitrogens with one attached hydrogen (secondary N) is 1. The predicted molar refractivity (Wildman–Crippen MR) is 62.3 cm³/mol. The molecule has 0 bridgehead atoms. The molecule has 0 aromatic heterocycles. The third-order valence-corrected chi connectivity index (χ3v) is 2.55. The van der Waals surface area contributed by atoms with Gasteiger partial charge in [-0.15, -0.1) is 0 Å². The largest absolute Gasteiger partial charge is 0.507 e. The van der Waals surface area contributed by atoms with Gasteiger partial charge >= 0.3 is 0 Å². The second kappa shape index (κ2) is 5.39. The molecule has 1 amide bonds. The van der Waals surface area contributed by atoms with Crippen LogP contribution in [-0.2, 0) is 0 Å². The number of hydrogen-bond donors (Lipinski definition) is 2. The van der Waals surface area contributed by atoms with E-state index in [0.717, 1.165) is 12.1 Å². The topological polar surface area (TPSA) is 49.3 Å². The van der Waals surface area contributed by atoms with Crippen LogP contribution in [0.3, 0.4) is 0 Å². The highest BCUT2D eigenvalue weighted by Gasteiger charge is 2.22. The second-order valence-corrected chi connectivity index (χ2v) is 3.96. The Kier molecular flexibility index (Phi) is 3.79. The van der Waals surface area contributed by atoms with Crippen molar-refractivity contribution in [3.63, 3.8) is 0 Å². The lowest BCUT2D eigenvalue weighted by molar-refractivity contribution is 0.102. The maximum Gasteiger partial charge on any atom is 0.259 e. The molecule has 3 nitrogen and oxygen atoms in total. The number of carbonyl (C=O) groups is 1. The Morgan fingerprint density at radius 2 is 1.52 bits per heavy atom. The lowest BCUT2D eigenvalue weighted by Crippen LogP contribution is -2.16. The van der Waals surface area contributed by atoms with Gasteiger partial charge in [-0.25, -0.2) is 22.0 Å². The van der Waals surface area contributed by atoms with Gasteiger partial charge in [0.25, 0.3) is 5.91 Å². The summed E-state index contributed by atoms with van der Waals surface area (Å²) in [5, 5.41) is 10.9. The Balaban J connectivity index is 2.41. The van der Waals surface area contributed by atoms with Crippen LogP contribution in [0.5, 0.6) is 5.75 Å². The van der Waals surface area contributed by atoms with Crippen LogP contribution in [0.2, 0.25) is 0 Å². The van der Waals surface area contributed by atoms with E-state index in [1.807, 2.05) is 0 Å². The van der Waals surface area contributed by atoms with E-state index >= 15 is 0 Å². The SMILES string of the molecule is O=C(Nc1c(F)c(F)cc(F)c1F)c1ccc(F)cc1O. The molecule has 0 aliphatic heterocycles. The van der Waals surface area contributed by atoms with E-state index < -0.39 is 52.0 Å². The van der Waals surface area contributed by atoms with Crippen molar-refractivity contribution in [2.75, 3.05) is 5.32 Å². The number of anilines is 1. The summed E-state index contributed by atoms with van der Waals surface area (Å²) in [5.74, 6) is -9.92. The molecule has 2 rings (SSSR count). The second-order valence-electron chi connectivity index (χ2n) is 3.96. The molecule has 2 N–H and O–H groups in total. The quantitative estimate of drug-likeness (QED) is 0.660. The van der Waals surface area contributed by atoms with Gasteiger partial charge in [-0.3, -0.25) is 4.79 Å². The van der Waals surface area contributed by atoms with Gasteiger partial charge in [-0.05, 0) is 12.1 Å². The van der Waals surface area contributed by atoms with E-state index in [1.165, 1.54) is 0 Å². The van der Waals surface area contributed by atoms with E-state index in [4.69, 9.17) is 0 Å². The molecule has 0 aliphatic carbocycles. The summed E-state index contributed by atoms with van der Waals surface area (Å²) in [6.45, 7) is 0. The summed E-state index contributed by atoms with van der Waals surface area (Å²) in [7, 11) is 0. The monoisotopic (exact) mass is 303 g/mol. The van der Waals surface area contributed by atoms with Gasteiger partial charge in [0, 0.05) is 12.1 Å². The minimum Gasteiger partial charge on any atom is -0.507 e. The van der Waals surface area contributed by atoms with Gasteiger partial charge in [0.15, 0.2) is 23.3 Å². The highest BCUT2D eigenvalue weighted by molar-refractivity contribution is 6.06. The predicted octanol–water partition coefficient (Wildman–Crippen LogP) is 3.34. The summed E-state index contributed by atoms with van der Waals surface area (Å²) < 4.78 is 65.4. The Bertz CT molecular complexity index is 707.